The van der Waals surface area contributed by atoms with Crippen LogP contribution in [0.2, 0.25) is 0 Å². The van der Waals surface area contributed by atoms with Crippen molar-refractivity contribution in [3.05, 3.63) is 46.0 Å². The number of alkyl halides is 3. The summed E-state index contributed by atoms with van der Waals surface area (Å²) in [6, 6.07) is 7.44. The highest BCUT2D eigenvalue weighted by atomic mass is 32.1. The minimum atomic E-state index is -4.55. The number of nitrogens with one attached hydrogen (secondary N) is 1. The number of carbonyl (C=O) groups excluding carboxylic acids is 1. The predicted molar refractivity (Wildman–Crippen MR) is 95.4 cm³/mol. The summed E-state index contributed by atoms with van der Waals surface area (Å²) < 4.78 is 41.3. The van der Waals surface area contributed by atoms with E-state index in [1.807, 2.05) is 12.1 Å². The highest BCUT2D eigenvalue weighted by molar-refractivity contribution is 7.71. The smallest absolute Gasteiger partial charge is 0.355 e. The number of carbonyl (C=O) groups is 1. The monoisotopic (exact) mass is 399 g/mol. The number of hydrogen-bond donors (Lipinski definition) is 1. The van der Waals surface area contributed by atoms with E-state index in [0.717, 1.165) is 23.0 Å². The second-order valence-corrected chi connectivity index (χ2v) is 6.92. The molecule has 0 bridgehead atoms. The van der Waals surface area contributed by atoms with Crippen LogP contribution in [0, 0.1) is 4.77 Å². The van der Waals surface area contributed by atoms with Crippen molar-refractivity contribution in [2.75, 3.05) is 7.05 Å². The lowest BCUT2D eigenvalue weighted by atomic mass is 10.1. The number of rotatable bonds is 6. The Morgan fingerprint density at radius 1 is 1.33 bits per heavy atom. The van der Waals surface area contributed by atoms with Gasteiger partial charge >= 0.3 is 6.18 Å². The second-order valence-electron chi connectivity index (χ2n) is 6.56. The van der Waals surface area contributed by atoms with Crippen LogP contribution in [-0.2, 0) is 26.4 Å². The highest BCUT2D eigenvalue weighted by Crippen LogP contribution is 2.30. The minimum Gasteiger partial charge on any atom is -0.355 e. The van der Waals surface area contributed by atoms with Crippen LogP contribution >= 0.6 is 12.2 Å². The van der Waals surface area contributed by atoms with Gasteiger partial charge in [0.1, 0.15) is 0 Å². The molecular weight excluding hydrogens is 379 g/mol. The molecule has 6 nitrogen and oxygen atoms in total. The molecule has 1 amide bonds. The van der Waals surface area contributed by atoms with E-state index >= 15 is 0 Å². The first-order valence-corrected chi connectivity index (χ1v) is 8.87. The molecule has 1 heterocycles. The third kappa shape index (κ3) is 4.38. The van der Waals surface area contributed by atoms with Crippen molar-refractivity contribution in [2.45, 2.75) is 38.3 Å². The number of aromatic nitrogens is 3. The zero-order valence-corrected chi connectivity index (χ0v) is 15.8. The minimum absolute atomic E-state index is 0.0305. The molecular formula is C17H20F3N5OS. The first-order chi connectivity index (χ1) is 12.7. The van der Waals surface area contributed by atoms with Gasteiger partial charge in [0, 0.05) is 32.2 Å². The van der Waals surface area contributed by atoms with Crippen molar-refractivity contribution < 1.29 is 18.0 Å². The molecule has 3 rings (SSSR count). The Morgan fingerprint density at radius 2 is 1.96 bits per heavy atom. The Bertz CT molecular complexity index is 883. The molecule has 2 aromatic rings. The fraction of sp³-hybridized carbons (Fsp3) is 0.471. The highest BCUT2D eigenvalue weighted by Gasteiger charge is 2.38. The number of halogens is 3. The third-order valence-corrected chi connectivity index (χ3v) is 4.99. The normalized spacial score (nSPS) is 14.6. The van der Waals surface area contributed by atoms with E-state index < -0.39 is 12.0 Å². The van der Waals surface area contributed by atoms with Gasteiger partial charge in [0.2, 0.25) is 5.82 Å². The molecule has 1 saturated carbocycles. The van der Waals surface area contributed by atoms with E-state index in [1.165, 1.54) is 11.7 Å². The van der Waals surface area contributed by atoms with Crippen molar-refractivity contribution in [1.82, 2.24) is 24.6 Å². The van der Waals surface area contributed by atoms with E-state index in [0.29, 0.717) is 18.2 Å². The van der Waals surface area contributed by atoms with Crippen LogP contribution < -0.4 is 5.32 Å². The topological polar surface area (TPSA) is 55.1 Å². The number of benzene rings is 1. The predicted octanol–water partition coefficient (Wildman–Crippen LogP) is 2.95. The largest absolute Gasteiger partial charge is 0.451 e. The van der Waals surface area contributed by atoms with Crippen LogP contribution in [-0.4, -0.2) is 38.2 Å². The molecule has 0 unspecified atom stereocenters. The van der Waals surface area contributed by atoms with Gasteiger partial charge in [-0.15, -0.1) is 5.10 Å². The van der Waals surface area contributed by atoms with E-state index in [1.54, 1.807) is 19.2 Å². The molecule has 0 saturated heterocycles. The fourth-order valence-corrected chi connectivity index (χ4v) is 3.06. The van der Waals surface area contributed by atoms with Gasteiger partial charge in [-0.2, -0.15) is 13.2 Å². The summed E-state index contributed by atoms with van der Waals surface area (Å²) in [6.07, 6.45) is -2.57. The number of hydrogen-bond acceptors (Lipinski definition) is 4. The quantitative estimate of drug-likeness (QED) is 0.759. The summed E-state index contributed by atoms with van der Waals surface area (Å²) in [5, 5.41) is 6.24. The molecule has 0 aliphatic heterocycles. The Hall–Kier alpha value is -2.20. The van der Waals surface area contributed by atoms with E-state index in [2.05, 4.69) is 15.3 Å². The molecule has 10 heteroatoms. The van der Waals surface area contributed by atoms with Gasteiger partial charge in [0.05, 0.1) is 6.67 Å². The lowest BCUT2D eigenvalue weighted by Gasteiger charge is -2.22. The van der Waals surface area contributed by atoms with E-state index in [9.17, 15) is 18.0 Å². The summed E-state index contributed by atoms with van der Waals surface area (Å²) in [6.45, 7) is 0.725. The van der Waals surface area contributed by atoms with Gasteiger partial charge in [-0.3, -0.25) is 14.3 Å². The lowest BCUT2D eigenvalue weighted by molar-refractivity contribution is -0.147. The first kappa shape index (κ1) is 19.6. The van der Waals surface area contributed by atoms with E-state index in [4.69, 9.17) is 12.2 Å². The maximum atomic E-state index is 13.0. The molecule has 1 N–H and O–H groups in total. The molecule has 1 fully saturated rings. The Kier molecular flexibility index (Phi) is 5.38. The molecule has 1 aliphatic carbocycles. The lowest BCUT2D eigenvalue weighted by Crippen LogP contribution is -2.29. The average molecular weight is 399 g/mol. The van der Waals surface area contributed by atoms with Crippen molar-refractivity contribution >= 4 is 18.1 Å². The summed E-state index contributed by atoms with van der Waals surface area (Å²) in [7, 11) is 2.84. The summed E-state index contributed by atoms with van der Waals surface area (Å²) >= 11 is 5.12. The Balaban J connectivity index is 1.78. The molecule has 27 heavy (non-hydrogen) atoms. The summed E-state index contributed by atoms with van der Waals surface area (Å²) in [5.41, 5.74) is 1.52. The van der Waals surface area contributed by atoms with Crippen LogP contribution in [0.1, 0.15) is 34.6 Å². The second kappa shape index (κ2) is 7.43. The van der Waals surface area contributed by atoms with Gasteiger partial charge in [-0.25, -0.2) is 4.68 Å². The molecule has 0 radical (unpaired) electrons. The maximum absolute atomic E-state index is 13.0. The number of amides is 1. The van der Waals surface area contributed by atoms with Gasteiger partial charge < -0.3 is 5.32 Å². The maximum Gasteiger partial charge on any atom is 0.451 e. The van der Waals surface area contributed by atoms with Crippen LogP contribution in [0.25, 0.3) is 0 Å². The molecule has 146 valence electrons. The SMILES string of the molecule is CNC(=O)c1ccc(CN(Cn2nc(C(F)(F)F)n(C)c2=S)C2CC2)cc1. The van der Waals surface area contributed by atoms with Crippen LogP contribution in [0.4, 0.5) is 13.2 Å². The molecule has 1 aromatic heterocycles. The first-order valence-electron chi connectivity index (χ1n) is 8.47. The summed E-state index contributed by atoms with van der Waals surface area (Å²) in [4.78, 5) is 13.7. The molecule has 0 spiro atoms. The third-order valence-electron chi connectivity index (χ3n) is 4.50. The van der Waals surface area contributed by atoms with Gasteiger partial charge in [0.15, 0.2) is 4.77 Å². The molecule has 0 atom stereocenters. The zero-order chi connectivity index (χ0) is 19.8. The van der Waals surface area contributed by atoms with Crippen LogP contribution in [0.3, 0.4) is 0 Å². The number of nitrogens with zero attached hydrogens (tertiary/aromatic N) is 4. The van der Waals surface area contributed by atoms with Crippen molar-refractivity contribution in [3.63, 3.8) is 0 Å². The fourth-order valence-electron chi connectivity index (χ4n) is 2.87. The van der Waals surface area contributed by atoms with Gasteiger partial charge in [-0.05, 0) is 42.8 Å². The van der Waals surface area contributed by atoms with E-state index in [-0.39, 0.29) is 17.3 Å². The Labute approximate surface area is 159 Å². The van der Waals surface area contributed by atoms with Crippen molar-refractivity contribution in [1.29, 1.82) is 0 Å². The average Bonchev–Trinajstić information content (AvgIpc) is 3.43. The van der Waals surface area contributed by atoms with Crippen LogP contribution in [0.5, 0.6) is 0 Å². The molecule has 1 aromatic carbocycles. The zero-order valence-electron chi connectivity index (χ0n) is 15.0. The Morgan fingerprint density at radius 3 is 2.44 bits per heavy atom. The standard InChI is InChI=1S/C17H20F3N5OS/c1-21-14(26)12-5-3-11(4-6-12)9-24(13-7-8-13)10-25-16(27)23(2)15(22-25)17(18,19)20/h3-6,13H,7-10H2,1-2H3,(H,21,26). The van der Waals surface area contributed by atoms with Crippen molar-refractivity contribution in [2.24, 2.45) is 7.05 Å². The molecule has 1 aliphatic rings. The van der Waals surface area contributed by atoms with Crippen LogP contribution in [0.15, 0.2) is 24.3 Å². The summed E-state index contributed by atoms with van der Waals surface area (Å²) in [5.74, 6) is -1.17. The van der Waals surface area contributed by atoms with Gasteiger partial charge in [0.25, 0.3) is 5.91 Å². The van der Waals surface area contributed by atoms with Gasteiger partial charge in [-0.1, -0.05) is 12.1 Å². The van der Waals surface area contributed by atoms with Crippen molar-refractivity contribution in [3.8, 4) is 0 Å².